The molecule has 0 unspecified atom stereocenters. The molecule has 2 fully saturated rings. The van der Waals surface area contributed by atoms with E-state index in [1.807, 2.05) is 24.0 Å². The molecule has 8 nitrogen and oxygen atoms in total. The molecule has 2 saturated heterocycles. The van der Waals surface area contributed by atoms with Crippen LogP contribution in [0.5, 0.6) is 11.5 Å². The fraction of sp³-hybridized carbons (Fsp3) is 0.346. The Bertz CT molecular complexity index is 1230. The Kier molecular flexibility index (Phi) is 8.32. The highest BCUT2D eigenvalue weighted by Gasteiger charge is 2.34. The normalized spacial score (nSPS) is 16.5. The van der Waals surface area contributed by atoms with E-state index in [-0.39, 0.29) is 23.3 Å². The number of phenolic OH excluding ortho intramolecular Hbond substituents is 1. The predicted octanol–water partition coefficient (Wildman–Crippen LogP) is 5.41. The summed E-state index contributed by atoms with van der Waals surface area (Å²) in [5.41, 5.74) is 1.77. The summed E-state index contributed by atoms with van der Waals surface area (Å²) in [7, 11) is 1.49. The Balaban J connectivity index is 0.000000251. The number of nitrogens with one attached hydrogen (secondary N) is 1. The number of piperidine rings is 1. The SMILES string of the molecule is COc1cc(-c2cnc(C)s2)c(O)cc1C(=O)NCc1ccc(Cl)cc1.O=C1OC[C@@H]2CCCCN12. The first-order valence-electron chi connectivity index (χ1n) is 11.7. The lowest BCUT2D eigenvalue weighted by molar-refractivity contribution is 0.0947. The molecule has 2 amide bonds. The molecule has 36 heavy (non-hydrogen) atoms. The van der Waals surface area contributed by atoms with Gasteiger partial charge in [0, 0.05) is 29.9 Å². The Morgan fingerprint density at radius 2 is 2.08 bits per heavy atom. The van der Waals surface area contributed by atoms with E-state index in [1.54, 1.807) is 24.4 Å². The number of fused-ring (bicyclic) bond motifs is 1. The number of aromatic hydroxyl groups is 1. The van der Waals surface area contributed by atoms with Crippen LogP contribution in [0.4, 0.5) is 4.79 Å². The Labute approximate surface area is 218 Å². The number of carbonyl (C=O) groups excluding carboxylic acids is 2. The van der Waals surface area contributed by atoms with Gasteiger partial charge in [0.05, 0.1) is 28.6 Å². The molecule has 2 aliphatic rings. The van der Waals surface area contributed by atoms with Gasteiger partial charge < -0.3 is 24.8 Å². The fourth-order valence-electron chi connectivity index (χ4n) is 4.14. The Morgan fingerprint density at radius 3 is 2.75 bits per heavy atom. The van der Waals surface area contributed by atoms with Crippen molar-refractivity contribution in [3.05, 3.63) is 63.8 Å². The number of amides is 2. The minimum atomic E-state index is -0.334. The van der Waals surface area contributed by atoms with E-state index in [4.69, 9.17) is 21.1 Å². The van der Waals surface area contributed by atoms with Gasteiger partial charge in [0.15, 0.2) is 0 Å². The van der Waals surface area contributed by atoms with Gasteiger partial charge in [0.2, 0.25) is 0 Å². The number of methoxy groups -OCH3 is 1. The largest absolute Gasteiger partial charge is 0.507 e. The number of aryl methyl sites for hydroxylation is 1. The van der Waals surface area contributed by atoms with Gasteiger partial charge in [-0.05, 0) is 56.0 Å². The van der Waals surface area contributed by atoms with Gasteiger partial charge in [-0.15, -0.1) is 11.3 Å². The summed E-state index contributed by atoms with van der Waals surface area (Å²) in [5, 5.41) is 14.7. The third-order valence-corrected chi connectivity index (χ3v) is 7.27. The van der Waals surface area contributed by atoms with Crippen molar-refractivity contribution >= 4 is 34.9 Å². The number of cyclic esters (lactones) is 1. The first-order chi connectivity index (χ1) is 17.4. The zero-order chi connectivity index (χ0) is 25.7. The Morgan fingerprint density at radius 1 is 1.31 bits per heavy atom. The van der Waals surface area contributed by atoms with Crippen LogP contribution in [0.2, 0.25) is 5.02 Å². The number of carbonyl (C=O) groups is 2. The molecule has 0 radical (unpaired) electrons. The highest BCUT2D eigenvalue weighted by molar-refractivity contribution is 7.15. The lowest BCUT2D eigenvalue weighted by Gasteiger charge is -2.25. The van der Waals surface area contributed by atoms with Crippen molar-refractivity contribution in [3.63, 3.8) is 0 Å². The van der Waals surface area contributed by atoms with Crippen LogP contribution in [0.1, 0.15) is 40.2 Å². The molecule has 0 aliphatic carbocycles. The highest BCUT2D eigenvalue weighted by atomic mass is 35.5. The number of aromatic nitrogens is 1. The first kappa shape index (κ1) is 25.8. The van der Waals surface area contributed by atoms with Crippen molar-refractivity contribution in [2.45, 2.75) is 38.8 Å². The quantitative estimate of drug-likeness (QED) is 0.458. The van der Waals surface area contributed by atoms with Crippen LogP contribution in [-0.4, -0.2) is 53.3 Å². The third-order valence-electron chi connectivity index (χ3n) is 6.08. The molecule has 190 valence electrons. The molecule has 10 heteroatoms. The highest BCUT2D eigenvalue weighted by Crippen LogP contribution is 2.38. The van der Waals surface area contributed by atoms with E-state index in [0.29, 0.717) is 35.5 Å². The van der Waals surface area contributed by atoms with E-state index in [2.05, 4.69) is 10.3 Å². The second kappa shape index (κ2) is 11.6. The van der Waals surface area contributed by atoms with Crippen molar-refractivity contribution in [2.24, 2.45) is 0 Å². The summed E-state index contributed by atoms with van der Waals surface area (Å²) < 4.78 is 10.2. The monoisotopic (exact) mass is 529 g/mol. The van der Waals surface area contributed by atoms with Gasteiger partial charge in [-0.1, -0.05) is 23.7 Å². The standard InChI is InChI=1S/C19H17ClN2O3S.C7H11NO2/c1-11-21-10-18(26-11)14-8-17(25-2)15(7-16(14)23)19(24)22-9-12-3-5-13(20)6-4-12;9-7-8-4-2-1-3-6(8)5-10-7/h3-8,10,23H,9H2,1-2H3,(H,22,24);6H,1-5H2/t;6-/m.0/s1. The van der Waals surface area contributed by atoms with Crippen LogP contribution in [0.25, 0.3) is 10.4 Å². The third kappa shape index (κ3) is 6.09. The maximum Gasteiger partial charge on any atom is 0.410 e. The number of halogens is 1. The molecule has 1 atom stereocenters. The van der Waals surface area contributed by atoms with Gasteiger partial charge in [0.1, 0.15) is 18.1 Å². The molecule has 5 rings (SSSR count). The maximum absolute atomic E-state index is 12.5. The van der Waals surface area contributed by atoms with Gasteiger partial charge in [0.25, 0.3) is 5.91 Å². The van der Waals surface area contributed by atoms with Crippen LogP contribution in [0.3, 0.4) is 0 Å². The van der Waals surface area contributed by atoms with Gasteiger partial charge in [-0.2, -0.15) is 0 Å². The molecule has 1 aromatic heterocycles. The lowest BCUT2D eigenvalue weighted by Crippen LogP contribution is -2.37. The van der Waals surface area contributed by atoms with Crippen molar-refractivity contribution in [1.29, 1.82) is 0 Å². The summed E-state index contributed by atoms with van der Waals surface area (Å²) in [4.78, 5) is 30.3. The van der Waals surface area contributed by atoms with E-state index in [0.717, 1.165) is 34.8 Å². The van der Waals surface area contributed by atoms with Crippen molar-refractivity contribution < 1.29 is 24.2 Å². The number of hydrogen-bond donors (Lipinski definition) is 2. The van der Waals surface area contributed by atoms with Crippen LogP contribution in [0, 0.1) is 6.92 Å². The van der Waals surface area contributed by atoms with E-state index >= 15 is 0 Å². The average molecular weight is 530 g/mol. The summed E-state index contributed by atoms with van der Waals surface area (Å²) in [6, 6.07) is 10.7. The summed E-state index contributed by atoms with van der Waals surface area (Å²) in [5.74, 6) is 0.0580. The molecule has 2 aromatic carbocycles. The molecule has 3 aromatic rings. The average Bonchev–Trinajstić information content (AvgIpc) is 3.49. The van der Waals surface area contributed by atoms with Crippen molar-refractivity contribution in [3.8, 4) is 21.9 Å². The summed E-state index contributed by atoms with van der Waals surface area (Å²) >= 11 is 7.32. The molecule has 0 saturated carbocycles. The summed E-state index contributed by atoms with van der Waals surface area (Å²) in [6.45, 7) is 3.76. The van der Waals surface area contributed by atoms with Crippen molar-refractivity contribution in [1.82, 2.24) is 15.2 Å². The van der Waals surface area contributed by atoms with Gasteiger partial charge in [-0.3, -0.25) is 4.79 Å². The number of rotatable bonds is 5. The number of phenols is 1. The topological polar surface area (TPSA) is 101 Å². The maximum atomic E-state index is 12.5. The van der Waals surface area contributed by atoms with E-state index in [9.17, 15) is 14.7 Å². The number of ether oxygens (including phenoxy) is 2. The zero-order valence-corrected chi connectivity index (χ0v) is 21.7. The van der Waals surface area contributed by atoms with E-state index < -0.39 is 0 Å². The molecule has 0 bridgehead atoms. The molecule has 0 spiro atoms. The Hall–Kier alpha value is -3.30. The van der Waals surface area contributed by atoms with Gasteiger partial charge in [-0.25, -0.2) is 9.78 Å². The van der Waals surface area contributed by atoms with Crippen LogP contribution < -0.4 is 10.1 Å². The minimum absolute atomic E-state index is 0.00564. The predicted molar refractivity (Wildman–Crippen MR) is 139 cm³/mol. The van der Waals surface area contributed by atoms with E-state index in [1.165, 1.54) is 30.9 Å². The smallest absolute Gasteiger partial charge is 0.410 e. The second-order valence-corrected chi connectivity index (χ2v) is 10.2. The number of thiazole rings is 1. The zero-order valence-electron chi connectivity index (χ0n) is 20.1. The fourth-order valence-corrected chi connectivity index (χ4v) is 5.07. The second-order valence-electron chi connectivity index (χ2n) is 8.54. The molecule has 3 heterocycles. The molecular weight excluding hydrogens is 502 g/mol. The number of benzene rings is 2. The summed E-state index contributed by atoms with van der Waals surface area (Å²) in [6.07, 6.45) is 5.11. The van der Waals surface area contributed by atoms with Crippen LogP contribution in [-0.2, 0) is 11.3 Å². The first-order valence-corrected chi connectivity index (χ1v) is 12.8. The van der Waals surface area contributed by atoms with Gasteiger partial charge >= 0.3 is 6.09 Å². The van der Waals surface area contributed by atoms with Crippen molar-refractivity contribution in [2.75, 3.05) is 20.3 Å². The number of hydrogen-bond acceptors (Lipinski definition) is 7. The molecule has 2 aliphatic heterocycles. The van der Waals surface area contributed by atoms with Crippen LogP contribution in [0.15, 0.2) is 42.6 Å². The molecule has 2 N–H and O–H groups in total. The van der Waals surface area contributed by atoms with Crippen LogP contribution >= 0.6 is 22.9 Å². The number of nitrogens with zero attached hydrogens (tertiary/aromatic N) is 2. The lowest BCUT2D eigenvalue weighted by atomic mass is 10.0. The molecular formula is C26H28ClN3O5S. The minimum Gasteiger partial charge on any atom is -0.507 e.